The molecule has 0 bridgehead atoms. The van der Waals surface area contributed by atoms with Crippen LogP contribution in [0, 0.1) is 5.92 Å². The van der Waals surface area contributed by atoms with Crippen LogP contribution >= 0.6 is 0 Å². The van der Waals surface area contributed by atoms with Gasteiger partial charge in [0.2, 0.25) is 0 Å². The molecule has 1 atom stereocenters. The number of hydrogen-bond donors (Lipinski definition) is 0. The number of allylic oxidation sites excluding steroid dienone is 4. The molecule has 2 aliphatic carbocycles. The Hall–Kier alpha value is 0.411. The molecule has 0 fully saturated rings. The van der Waals surface area contributed by atoms with Crippen LogP contribution in [0.1, 0.15) is 32.6 Å². The first kappa shape index (κ1) is 15.8. The van der Waals surface area contributed by atoms with E-state index in [9.17, 15) is 0 Å². The predicted molar refractivity (Wildman–Crippen MR) is 87.4 cm³/mol. The van der Waals surface area contributed by atoms with Crippen molar-refractivity contribution < 1.29 is 16.6 Å². The van der Waals surface area contributed by atoms with Gasteiger partial charge in [0.25, 0.3) is 0 Å². The molecule has 108 valence electrons. The zero-order valence-electron chi connectivity index (χ0n) is 13.9. The van der Waals surface area contributed by atoms with Gasteiger partial charge in [-0.1, -0.05) is 0 Å². The summed E-state index contributed by atoms with van der Waals surface area (Å²) in [5, 5.41) is 7.79. The molecule has 0 aromatic carbocycles. The molecular weight excluding hydrogens is 280 g/mol. The monoisotopic (exact) mass is 312 g/mol. The fourth-order valence-electron chi connectivity index (χ4n) is 3.66. The van der Waals surface area contributed by atoms with E-state index in [1.54, 1.807) is 5.57 Å². The van der Waals surface area contributed by atoms with Gasteiger partial charge in [0.1, 0.15) is 0 Å². The summed E-state index contributed by atoms with van der Waals surface area (Å²) in [6, 6.07) is 2.97. The van der Waals surface area contributed by atoms with E-state index in [0.717, 1.165) is 5.92 Å². The van der Waals surface area contributed by atoms with Gasteiger partial charge in [0.05, 0.1) is 0 Å². The van der Waals surface area contributed by atoms with Gasteiger partial charge in [-0.15, -0.1) is 0 Å². The second-order valence-electron chi connectivity index (χ2n) is 8.38. The Morgan fingerprint density at radius 1 is 1.16 bits per heavy atom. The van der Waals surface area contributed by atoms with Crippen LogP contribution in [0.25, 0.3) is 0 Å². The zero-order chi connectivity index (χ0) is 14.3. The molecule has 0 heterocycles. The average Bonchev–Trinajstić information content (AvgIpc) is 2.68. The standard InChI is InChI=1S/C14H23Si.3CH3.Ti/c1-4-15(2,3)11-13-10-9-12-7-5-6-8-14(12)13;;;;/h9,13H,4-8,11H2,1-3H3;3*1H3;. The van der Waals surface area contributed by atoms with Gasteiger partial charge in [0, 0.05) is 0 Å². The summed E-state index contributed by atoms with van der Waals surface area (Å²) in [4.78, 5) is 0. The van der Waals surface area contributed by atoms with E-state index in [-0.39, 0.29) is 0 Å². The Morgan fingerprint density at radius 2 is 1.79 bits per heavy atom. The molecule has 19 heavy (non-hydrogen) atoms. The zero-order valence-corrected chi connectivity index (χ0v) is 16.5. The van der Waals surface area contributed by atoms with Crippen molar-refractivity contribution in [2.75, 3.05) is 0 Å². The van der Waals surface area contributed by atoms with Crippen molar-refractivity contribution in [3.8, 4) is 0 Å². The average molecular weight is 312 g/mol. The van der Waals surface area contributed by atoms with Gasteiger partial charge in [-0.25, -0.2) is 0 Å². The second-order valence-corrected chi connectivity index (χ2v) is 21.8. The summed E-state index contributed by atoms with van der Waals surface area (Å²) >= 11 is -1.67. The maximum absolute atomic E-state index is 2.68. The molecule has 0 saturated heterocycles. The maximum atomic E-state index is 2.68. The van der Waals surface area contributed by atoms with E-state index in [1.807, 2.05) is 9.45 Å². The molecule has 2 heteroatoms. The number of hydrogen-bond acceptors (Lipinski definition) is 0. The third kappa shape index (κ3) is 3.54. The first-order chi connectivity index (χ1) is 8.74. The summed E-state index contributed by atoms with van der Waals surface area (Å²) in [6.45, 7) is 7.61. The molecule has 2 rings (SSSR count). The van der Waals surface area contributed by atoms with E-state index in [2.05, 4.69) is 41.8 Å². The Bertz CT molecular complexity index is 409. The van der Waals surface area contributed by atoms with Crippen LogP contribution < -0.4 is 0 Å². The molecule has 0 amide bonds. The van der Waals surface area contributed by atoms with Crippen LogP contribution in [0.15, 0.2) is 21.1 Å². The molecule has 0 aliphatic heterocycles. The van der Waals surface area contributed by atoms with Gasteiger partial charge in [-0.3, -0.25) is 0 Å². The Kier molecular flexibility index (Phi) is 4.70. The van der Waals surface area contributed by atoms with Crippen molar-refractivity contribution in [2.24, 2.45) is 5.92 Å². The topological polar surface area (TPSA) is 0 Å². The van der Waals surface area contributed by atoms with E-state index in [4.69, 9.17) is 0 Å². The number of rotatable bonds is 4. The van der Waals surface area contributed by atoms with Gasteiger partial charge < -0.3 is 0 Å². The minimum absolute atomic E-state index is 0.886. The fourth-order valence-corrected chi connectivity index (χ4v) is 8.85. The van der Waals surface area contributed by atoms with Gasteiger partial charge in [-0.05, 0) is 0 Å². The Balaban J connectivity index is 2.30. The summed E-state index contributed by atoms with van der Waals surface area (Å²) < 4.78 is 1.93. The van der Waals surface area contributed by atoms with Crippen LogP contribution in [0.2, 0.25) is 40.9 Å². The van der Waals surface area contributed by atoms with Crippen LogP contribution in [-0.2, 0) is 16.6 Å². The van der Waals surface area contributed by atoms with Crippen molar-refractivity contribution in [3.63, 3.8) is 0 Å². The molecule has 0 spiro atoms. The quantitative estimate of drug-likeness (QED) is 0.527. The van der Waals surface area contributed by atoms with Crippen molar-refractivity contribution in [1.29, 1.82) is 0 Å². The van der Waals surface area contributed by atoms with E-state index in [0.29, 0.717) is 0 Å². The molecule has 0 aromatic rings. The first-order valence-electron chi connectivity index (χ1n) is 8.18. The predicted octanol–water partition coefficient (Wildman–Crippen LogP) is 6.40. The van der Waals surface area contributed by atoms with Gasteiger partial charge >= 0.3 is 125 Å². The van der Waals surface area contributed by atoms with Gasteiger partial charge in [-0.2, -0.15) is 0 Å². The van der Waals surface area contributed by atoms with Crippen molar-refractivity contribution in [1.82, 2.24) is 0 Å². The molecule has 0 saturated carbocycles. The molecule has 2 aliphatic rings. The Morgan fingerprint density at radius 3 is 2.37 bits per heavy atom. The summed E-state index contributed by atoms with van der Waals surface area (Å²) in [6.07, 6.45) is 8.34. The second kappa shape index (κ2) is 5.66. The van der Waals surface area contributed by atoms with Crippen LogP contribution in [0.3, 0.4) is 0 Å². The van der Waals surface area contributed by atoms with Crippen molar-refractivity contribution >= 4 is 8.07 Å². The van der Waals surface area contributed by atoms with Crippen molar-refractivity contribution in [2.45, 2.75) is 73.5 Å². The fraction of sp³-hybridized carbons (Fsp3) is 0.765. The summed E-state index contributed by atoms with van der Waals surface area (Å²) in [5.74, 6) is 0.886. The van der Waals surface area contributed by atoms with E-state index < -0.39 is 24.7 Å². The van der Waals surface area contributed by atoms with Crippen LogP contribution in [0.4, 0.5) is 0 Å². The first-order valence-corrected chi connectivity index (χ1v) is 17.1. The third-order valence-corrected chi connectivity index (χ3v) is 12.2. The van der Waals surface area contributed by atoms with Crippen LogP contribution in [-0.4, -0.2) is 8.07 Å². The molecule has 1 unspecified atom stereocenters. The molecule has 0 nitrogen and oxygen atoms in total. The normalized spacial score (nSPS) is 24.5. The summed E-state index contributed by atoms with van der Waals surface area (Å²) in [7, 11) is -0.984. The van der Waals surface area contributed by atoms with Gasteiger partial charge in [0.15, 0.2) is 0 Å². The Labute approximate surface area is 125 Å². The van der Waals surface area contributed by atoms with Crippen LogP contribution in [0.5, 0.6) is 0 Å². The molecule has 0 N–H and O–H groups in total. The minimum atomic E-state index is -1.67. The molecule has 0 aromatic heterocycles. The van der Waals surface area contributed by atoms with Crippen molar-refractivity contribution in [3.05, 3.63) is 21.1 Å². The van der Waals surface area contributed by atoms with E-state index >= 15 is 0 Å². The van der Waals surface area contributed by atoms with E-state index in [1.165, 1.54) is 37.8 Å². The molecular formula is C17H32SiTi. The SMILES string of the molecule is CC[Si](C)(C)CC1[C]([Ti]([CH3])([CH3])[CH3])=CC2=C1CCCC2. The third-order valence-electron chi connectivity index (χ3n) is 5.26. The molecule has 0 radical (unpaired) electrons. The summed E-state index contributed by atoms with van der Waals surface area (Å²) in [5.41, 5.74) is 3.66.